The molecule has 5 nitrogen and oxygen atoms in total. The standard InChI is InChI=1S/C14H18N4O/c1-8-7-10(18(2)3)12-9(17-8)5-6-11(19-4)13(12)14(15)16/h5-7H,1-4H3,(H3,15,16). The van der Waals surface area contributed by atoms with Gasteiger partial charge in [-0.3, -0.25) is 10.4 Å². The van der Waals surface area contributed by atoms with Gasteiger partial charge in [-0.15, -0.1) is 0 Å². The summed E-state index contributed by atoms with van der Waals surface area (Å²) in [6.45, 7) is 1.95. The second-order valence-corrected chi connectivity index (χ2v) is 4.63. The Morgan fingerprint density at radius 3 is 2.58 bits per heavy atom. The topological polar surface area (TPSA) is 75.2 Å². The van der Waals surface area contributed by atoms with E-state index in [1.165, 1.54) is 0 Å². The summed E-state index contributed by atoms with van der Waals surface area (Å²) in [5.74, 6) is 0.574. The number of hydrogen-bond donors (Lipinski definition) is 2. The molecule has 0 radical (unpaired) electrons. The Morgan fingerprint density at radius 2 is 2.05 bits per heavy atom. The van der Waals surface area contributed by atoms with Crippen LogP contribution in [0.15, 0.2) is 18.2 Å². The van der Waals surface area contributed by atoms with Gasteiger partial charge >= 0.3 is 0 Å². The number of hydrogen-bond acceptors (Lipinski definition) is 4. The van der Waals surface area contributed by atoms with Gasteiger partial charge in [-0.2, -0.15) is 0 Å². The average molecular weight is 258 g/mol. The average Bonchev–Trinajstić information content (AvgIpc) is 2.35. The number of methoxy groups -OCH3 is 1. The number of ether oxygens (including phenoxy) is 1. The molecule has 0 unspecified atom stereocenters. The van der Waals surface area contributed by atoms with Crippen LogP contribution >= 0.6 is 0 Å². The van der Waals surface area contributed by atoms with Crippen LogP contribution in [0, 0.1) is 12.3 Å². The molecule has 100 valence electrons. The second kappa shape index (κ2) is 4.76. The van der Waals surface area contributed by atoms with Gasteiger partial charge in [0.05, 0.1) is 18.2 Å². The first-order chi connectivity index (χ1) is 8.95. The molecule has 0 aliphatic heterocycles. The smallest absolute Gasteiger partial charge is 0.130 e. The molecule has 0 spiro atoms. The maximum absolute atomic E-state index is 7.80. The zero-order valence-electron chi connectivity index (χ0n) is 11.6. The van der Waals surface area contributed by atoms with Crippen LogP contribution in [0.2, 0.25) is 0 Å². The predicted octanol–water partition coefficient (Wildman–Crippen LogP) is 1.90. The molecule has 19 heavy (non-hydrogen) atoms. The van der Waals surface area contributed by atoms with Crippen molar-refractivity contribution in [2.45, 2.75) is 6.92 Å². The summed E-state index contributed by atoms with van der Waals surface area (Å²) in [5.41, 5.74) is 9.03. The number of benzene rings is 1. The highest BCUT2D eigenvalue weighted by Gasteiger charge is 2.16. The minimum atomic E-state index is -0.0174. The van der Waals surface area contributed by atoms with E-state index in [0.29, 0.717) is 11.3 Å². The fourth-order valence-corrected chi connectivity index (χ4v) is 2.21. The molecular weight excluding hydrogens is 240 g/mol. The van der Waals surface area contributed by atoms with Gasteiger partial charge in [0, 0.05) is 30.9 Å². The third-order valence-electron chi connectivity index (χ3n) is 3.01. The lowest BCUT2D eigenvalue weighted by Crippen LogP contribution is -2.16. The van der Waals surface area contributed by atoms with Crippen molar-refractivity contribution in [1.29, 1.82) is 5.41 Å². The van der Waals surface area contributed by atoms with Crippen molar-refractivity contribution >= 4 is 22.4 Å². The third kappa shape index (κ3) is 2.19. The fourth-order valence-electron chi connectivity index (χ4n) is 2.21. The number of nitrogen functional groups attached to an aromatic ring is 1. The molecule has 0 saturated heterocycles. The van der Waals surface area contributed by atoms with E-state index >= 15 is 0 Å². The predicted molar refractivity (Wildman–Crippen MR) is 78.4 cm³/mol. The maximum atomic E-state index is 7.80. The Morgan fingerprint density at radius 1 is 1.37 bits per heavy atom. The Kier molecular flexibility index (Phi) is 3.29. The van der Waals surface area contributed by atoms with E-state index in [-0.39, 0.29) is 5.84 Å². The first kappa shape index (κ1) is 13.1. The van der Waals surface area contributed by atoms with Crippen molar-refractivity contribution in [1.82, 2.24) is 4.98 Å². The molecule has 2 rings (SSSR count). The van der Waals surface area contributed by atoms with E-state index < -0.39 is 0 Å². The quantitative estimate of drug-likeness (QED) is 0.651. The molecule has 0 atom stereocenters. The first-order valence-corrected chi connectivity index (χ1v) is 5.95. The third-order valence-corrected chi connectivity index (χ3v) is 3.01. The Labute approximate surface area is 112 Å². The molecular formula is C14H18N4O. The lowest BCUT2D eigenvalue weighted by molar-refractivity contribution is 0.414. The minimum Gasteiger partial charge on any atom is -0.496 e. The summed E-state index contributed by atoms with van der Waals surface area (Å²) in [5, 5.41) is 8.65. The summed E-state index contributed by atoms with van der Waals surface area (Å²) < 4.78 is 5.31. The van der Waals surface area contributed by atoms with Gasteiger partial charge in [0.25, 0.3) is 0 Å². The lowest BCUT2D eigenvalue weighted by atomic mass is 10.0. The molecule has 1 aromatic carbocycles. The second-order valence-electron chi connectivity index (χ2n) is 4.63. The number of nitrogens with one attached hydrogen (secondary N) is 1. The van der Waals surface area contributed by atoms with Crippen LogP contribution in [0.3, 0.4) is 0 Å². The van der Waals surface area contributed by atoms with Gasteiger partial charge in [0.15, 0.2) is 0 Å². The monoisotopic (exact) mass is 258 g/mol. The summed E-state index contributed by atoms with van der Waals surface area (Å²) >= 11 is 0. The molecule has 5 heteroatoms. The van der Waals surface area contributed by atoms with Gasteiger partial charge in [-0.05, 0) is 25.1 Å². The summed E-state index contributed by atoms with van der Waals surface area (Å²) in [4.78, 5) is 6.49. The van der Waals surface area contributed by atoms with E-state index in [1.54, 1.807) is 13.2 Å². The van der Waals surface area contributed by atoms with E-state index in [0.717, 1.165) is 22.3 Å². The van der Waals surface area contributed by atoms with Gasteiger partial charge < -0.3 is 15.4 Å². The Bertz CT molecular complexity index is 649. The Balaban J connectivity index is 2.97. The van der Waals surface area contributed by atoms with Crippen LogP contribution in [0.4, 0.5) is 5.69 Å². The zero-order valence-corrected chi connectivity index (χ0v) is 11.6. The van der Waals surface area contributed by atoms with Crippen LogP contribution in [-0.2, 0) is 0 Å². The summed E-state index contributed by atoms with van der Waals surface area (Å²) in [7, 11) is 5.49. The number of nitrogens with zero attached hydrogens (tertiary/aromatic N) is 2. The highest BCUT2D eigenvalue weighted by Crippen LogP contribution is 2.33. The number of aromatic nitrogens is 1. The van der Waals surface area contributed by atoms with Gasteiger partial charge in [0.2, 0.25) is 0 Å². The number of nitrogens with two attached hydrogens (primary N) is 1. The zero-order chi connectivity index (χ0) is 14.2. The van der Waals surface area contributed by atoms with E-state index in [2.05, 4.69) is 4.98 Å². The number of pyridine rings is 1. The molecule has 0 aliphatic rings. The Hall–Kier alpha value is -2.30. The fraction of sp³-hybridized carbons (Fsp3) is 0.286. The first-order valence-electron chi connectivity index (χ1n) is 5.95. The molecule has 1 aromatic heterocycles. The molecule has 0 saturated carbocycles. The highest BCUT2D eigenvalue weighted by molar-refractivity contribution is 6.13. The number of rotatable bonds is 3. The summed E-state index contributed by atoms with van der Waals surface area (Å²) in [6.07, 6.45) is 0. The van der Waals surface area contributed by atoms with E-state index in [9.17, 15) is 0 Å². The molecule has 0 fully saturated rings. The SMILES string of the molecule is COc1ccc2nc(C)cc(N(C)C)c2c1C(=N)N. The van der Waals surface area contributed by atoms with Gasteiger partial charge in [-0.1, -0.05) is 0 Å². The minimum absolute atomic E-state index is 0.0174. The lowest BCUT2D eigenvalue weighted by Gasteiger charge is -2.19. The van der Waals surface area contributed by atoms with Crippen LogP contribution in [0.1, 0.15) is 11.3 Å². The summed E-state index contributed by atoms with van der Waals surface area (Å²) in [6, 6.07) is 5.67. The van der Waals surface area contributed by atoms with Crippen molar-refractivity contribution < 1.29 is 4.74 Å². The maximum Gasteiger partial charge on any atom is 0.130 e. The normalized spacial score (nSPS) is 10.5. The van der Waals surface area contributed by atoms with Crippen LogP contribution < -0.4 is 15.4 Å². The van der Waals surface area contributed by atoms with E-state index in [1.807, 2.05) is 38.1 Å². The molecule has 0 bridgehead atoms. The number of anilines is 1. The molecule has 0 aliphatic carbocycles. The number of aryl methyl sites for hydroxylation is 1. The van der Waals surface area contributed by atoms with Crippen LogP contribution in [-0.4, -0.2) is 32.0 Å². The van der Waals surface area contributed by atoms with Crippen LogP contribution in [0.25, 0.3) is 10.9 Å². The number of amidine groups is 1. The number of fused-ring (bicyclic) bond motifs is 1. The van der Waals surface area contributed by atoms with Crippen LogP contribution in [0.5, 0.6) is 5.75 Å². The molecule has 1 heterocycles. The highest BCUT2D eigenvalue weighted by atomic mass is 16.5. The molecule has 3 N–H and O–H groups in total. The van der Waals surface area contributed by atoms with Crippen molar-refractivity contribution in [3.63, 3.8) is 0 Å². The van der Waals surface area contributed by atoms with Crippen molar-refractivity contribution in [2.24, 2.45) is 5.73 Å². The van der Waals surface area contributed by atoms with Crippen molar-refractivity contribution in [3.8, 4) is 5.75 Å². The van der Waals surface area contributed by atoms with Gasteiger partial charge in [-0.25, -0.2) is 0 Å². The van der Waals surface area contributed by atoms with Crippen molar-refractivity contribution in [3.05, 3.63) is 29.5 Å². The largest absolute Gasteiger partial charge is 0.496 e. The molecule has 0 amide bonds. The van der Waals surface area contributed by atoms with Crippen molar-refractivity contribution in [2.75, 3.05) is 26.1 Å². The van der Waals surface area contributed by atoms with E-state index in [4.69, 9.17) is 15.9 Å². The molecule has 2 aromatic rings. The van der Waals surface area contributed by atoms with Gasteiger partial charge in [0.1, 0.15) is 11.6 Å².